The number of ether oxygens (including phenoxy) is 2. The second-order valence-corrected chi connectivity index (χ2v) is 16.6. The lowest BCUT2D eigenvalue weighted by atomic mass is 9.68. The van der Waals surface area contributed by atoms with E-state index in [0.717, 1.165) is 37.1 Å². The number of fused-ring (bicyclic) bond motifs is 10. The average molecular weight is 783 g/mol. The molecule has 258 valence electrons. The van der Waals surface area contributed by atoms with Gasteiger partial charge in [0.15, 0.2) is 18.1 Å². The van der Waals surface area contributed by atoms with Crippen LogP contribution in [0.3, 0.4) is 0 Å². The Morgan fingerprint density at radius 2 is 1.69 bits per heavy atom. The van der Waals surface area contributed by atoms with Crippen LogP contribution in [0.25, 0.3) is 10.8 Å². The first-order valence-electron chi connectivity index (χ1n) is 17.0. The molecule has 3 fully saturated rings. The van der Waals surface area contributed by atoms with Gasteiger partial charge in [-0.1, -0.05) is 69.7 Å². The highest BCUT2D eigenvalue weighted by molar-refractivity contribution is 9.10. The number of nitrogens with zero attached hydrogens (tertiary/aromatic N) is 1. The minimum Gasteiger partial charge on any atom is -0.490 e. The molecule has 3 heterocycles. The fourth-order valence-electron chi connectivity index (χ4n) is 9.00. The maximum absolute atomic E-state index is 14.1. The molecule has 51 heavy (non-hydrogen) atoms. The second kappa shape index (κ2) is 12.7. The maximum atomic E-state index is 14.1. The molecule has 1 saturated heterocycles. The van der Waals surface area contributed by atoms with E-state index in [1.54, 1.807) is 11.8 Å². The zero-order valence-electron chi connectivity index (χ0n) is 27.3. The largest absolute Gasteiger partial charge is 0.490 e. The lowest BCUT2D eigenvalue weighted by molar-refractivity contribution is -0.123. The minimum absolute atomic E-state index is 0.0140. The Balaban J connectivity index is 1.01. The van der Waals surface area contributed by atoms with Crippen molar-refractivity contribution in [2.75, 3.05) is 23.4 Å². The van der Waals surface area contributed by atoms with Crippen molar-refractivity contribution in [3.63, 3.8) is 0 Å². The maximum Gasteiger partial charge on any atom is 0.305 e. The van der Waals surface area contributed by atoms with Crippen molar-refractivity contribution < 1.29 is 23.9 Å². The van der Waals surface area contributed by atoms with Gasteiger partial charge in [-0.2, -0.15) is 0 Å². The number of amides is 3. The minimum atomic E-state index is -0.401. The van der Waals surface area contributed by atoms with Gasteiger partial charge in [-0.15, -0.1) is 11.8 Å². The molecule has 0 radical (unpaired) electrons. The summed E-state index contributed by atoms with van der Waals surface area (Å²) in [6.45, 7) is 2.06. The van der Waals surface area contributed by atoms with Crippen LogP contribution in [0.2, 0.25) is 0 Å². The Morgan fingerprint density at radius 1 is 0.922 bits per heavy atom. The van der Waals surface area contributed by atoms with Gasteiger partial charge < -0.3 is 19.8 Å². The number of aromatic amines is 1. The number of rotatable bonds is 8. The van der Waals surface area contributed by atoms with Gasteiger partial charge in [0.05, 0.1) is 29.2 Å². The number of hydrogen-bond acceptors (Lipinski definition) is 8. The van der Waals surface area contributed by atoms with E-state index >= 15 is 0 Å². The number of imide groups is 1. The number of aromatic nitrogens is 1. The summed E-state index contributed by atoms with van der Waals surface area (Å²) in [4.78, 5) is 59.1. The van der Waals surface area contributed by atoms with E-state index in [1.165, 1.54) is 16.2 Å². The van der Waals surface area contributed by atoms with Gasteiger partial charge in [-0.25, -0.2) is 0 Å². The Labute approximate surface area is 309 Å². The standard InChI is InChI=1S/C39H32BrN3O6S2/c1-2-48-28-16-20(10-15-27(28)49-18-29(44)41-26-9-5-7-19-6-3-4-8-23(19)26)30-31-24-17-25(34(31)50-36-35(30)51-39(47)42-36)33-32(24)37(45)43(38(33)46)22-13-11-21(40)12-14-22/h3-16,24-25,30-34H,2,17-18H2,1H3,(H,41,44)(H,42,47)/t24-,25-,30-,31?,32?,33?,34?/m1/s1. The van der Waals surface area contributed by atoms with Crippen LogP contribution >= 0.6 is 39.0 Å². The van der Waals surface area contributed by atoms with Crippen LogP contribution in [0.1, 0.15) is 29.7 Å². The van der Waals surface area contributed by atoms with Crippen LogP contribution in [0.5, 0.6) is 11.5 Å². The van der Waals surface area contributed by atoms with Crippen LogP contribution in [0.15, 0.2) is 99.2 Å². The van der Waals surface area contributed by atoms with E-state index < -0.39 is 5.92 Å². The molecule has 1 aromatic heterocycles. The molecule has 4 aromatic carbocycles. The molecule has 2 aliphatic carbocycles. The molecule has 2 N–H and O–H groups in total. The predicted octanol–water partition coefficient (Wildman–Crippen LogP) is 7.45. The summed E-state index contributed by atoms with van der Waals surface area (Å²) in [7, 11) is 0. The number of thioether (sulfide) groups is 1. The summed E-state index contributed by atoms with van der Waals surface area (Å²) in [6.07, 6.45) is 0.796. The highest BCUT2D eigenvalue weighted by Crippen LogP contribution is 2.68. The van der Waals surface area contributed by atoms with E-state index in [-0.39, 0.29) is 64.0 Å². The third-order valence-corrected chi connectivity index (χ3v) is 14.0. The zero-order valence-corrected chi connectivity index (χ0v) is 30.6. The summed E-state index contributed by atoms with van der Waals surface area (Å²) in [6, 6.07) is 26.7. The molecule has 4 aliphatic rings. The van der Waals surface area contributed by atoms with E-state index in [0.29, 0.717) is 29.5 Å². The van der Waals surface area contributed by atoms with Crippen molar-refractivity contribution in [3.05, 3.63) is 110 Å². The summed E-state index contributed by atoms with van der Waals surface area (Å²) in [5.74, 6) is -0.530. The number of carbonyl (C=O) groups excluding carboxylic acids is 3. The third-order valence-electron chi connectivity index (χ3n) is 10.9. The monoisotopic (exact) mass is 781 g/mol. The highest BCUT2D eigenvalue weighted by atomic mass is 79.9. The first-order valence-corrected chi connectivity index (χ1v) is 19.5. The van der Waals surface area contributed by atoms with Crippen LogP contribution in [0, 0.1) is 29.6 Å². The SMILES string of the molecule is CCOc1cc([C@H]2c3sc(=O)[nH]c3SC3C2[C@H]2C[C@@H]3C3C(=O)N(c4ccc(Br)cc4)C(=O)C32)ccc1OCC(=O)Nc1cccc2ccccc12. The highest BCUT2D eigenvalue weighted by Gasteiger charge is 2.69. The number of anilines is 2. The van der Waals surface area contributed by atoms with Gasteiger partial charge in [0.1, 0.15) is 0 Å². The Kier molecular flexibility index (Phi) is 8.08. The molecule has 4 unspecified atom stereocenters. The van der Waals surface area contributed by atoms with Crippen molar-refractivity contribution in [1.82, 2.24) is 4.98 Å². The van der Waals surface area contributed by atoms with E-state index in [4.69, 9.17) is 9.47 Å². The molecule has 7 atom stereocenters. The third kappa shape index (κ3) is 5.33. The molecule has 2 bridgehead atoms. The smallest absolute Gasteiger partial charge is 0.305 e. The lowest BCUT2D eigenvalue weighted by Gasteiger charge is -2.43. The van der Waals surface area contributed by atoms with Crippen molar-refractivity contribution >= 4 is 78.9 Å². The topological polar surface area (TPSA) is 118 Å². The van der Waals surface area contributed by atoms with Gasteiger partial charge in [-0.05, 0) is 84.5 Å². The summed E-state index contributed by atoms with van der Waals surface area (Å²) < 4.78 is 13.0. The molecule has 12 heteroatoms. The van der Waals surface area contributed by atoms with Gasteiger partial charge >= 0.3 is 4.87 Å². The normalized spacial score (nSPS) is 25.8. The number of nitrogens with one attached hydrogen (secondary N) is 2. The molecule has 9 nitrogen and oxygen atoms in total. The van der Waals surface area contributed by atoms with Crippen molar-refractivity contribution in [2.24, 2.45) is 29.6 Å². The molecule has 9 rings (SSSR count). The number of thiazole rings is 1. The Hall–Kier alpha value is -4.39. The average Bonchev–Trinajstić information content (AvgIpc) is 3.87. The molecular weight excluding hydrogens is 750 g/mol. The van der Waals surface area contributed by atoms with Crippen LogP contribution in [-0.2, 0) is 14.4 Å². The summed E-state index contributed by atoms with van der Waals surface area (Å²) in [5.41, 5.74) is 2.26. The quantitative estimate of drug-likeness (QED) is 0.157. The van der Waals surface area contributed by atoms with E-state index in [1.807, 2.05) is 91.9 Å². The number of carbonyl (C=O) groups is 3. The lowest BCUT2D eigenvalue weighted by Crippen LogP contribution is -2.42. The second-order valence-electron chi connectivity index (χ2n) is 13.5. The van der Waals surface area contributed by atoms with E-state index in [9.17, 15) is 19.2 Å². The molecule has 0 spiro atoms. The van der Waals surface area contributed by atoms with Gasteiger partial charge in [0.2, 0.25) is 11.8 Å². The molecule has 2 saturated carbocycles. The number of H-pyrrole nitrogens is 1. The van der Waals surface area contributed by atoms with Crippen molar-refractivity contribution in [1.29, 1.82) is 0 Å². The van der Waals surface area contributed by atoms with Crippen LogP contribution in [-0.4, -0.2) is 41.2 Å². The first kappa shape index (κ1) is 32.5. The fraction of sp³-hybridized carbons (Fsp3) is 0.282. The zero-order chi connectivity index (χ0) is 35.0. The number of halogens is 1. The molecule has 2 aliphatic heterocycles. The van der Waals surface area contributed by atoms with Gasteiger partial charge in [0.25, 0.3) is 5.91 Å². The fourth-order valence-corrected chi connectivity index (χ4v) is 12.2. The van der Waals surface area contributed by atoms with Crippen molar-refractivity contribution in [3.8, 4) is 11.5 Å². The summed E-state index contributed by atoms with van der Waals surface area (Å²) >= 11 is 6.32. The number of benzene rings is 4. The Morgan fingerprint density at radius 3 is 2.49 bits per heavy atom. The van der Waals surface area contributed by atoms with Gasteiger partial charge in [-0.3, -0.25) is 24.1 Å². The van der Waals surface area contributed by atoms with Crippen molar-refractivity contribution in [2.45, 2.75) is 29.5 Å². The Bertz CT molecular complexity index is 2280. The number of hydrogen-bond donors (Lipinski definition) is 2. The molecular formula is C39H32BrN3O6S2. The predicted molar refractivity (Wildman–Crippen MR) is 201 cm³/mol. The first-order chi connectivity index (χ1) is 24.8. The molecule has 3 amide bonds. The van der Waals surface area contributed by atoms with Gasteiger partial charge in [0, 0.05) is 31.6 Å². The summed E-state index contributed by atoms with van der Waals surface area (Å²) in [5, 5.41) is 5.84. The van der Waals surface area contributed by atoms with Crippen LogP contribution in [0.4, 0.5) is 11.4 Å². The van der Waals surface area contributed by atoms with Crippen LogP contribution < -0.4 is 24.6 Å². The van der Waals surface area contributed by atoms with E-state index in [2.05, 4.69) is 26.2 Å². The molecule has 5 aromatic rings.